The van der Waals surface area contributed by atoms with Gasteiger partial charge < -0.3 is 0 Å². The Bertz CT molecular complexity index is 1260. The minimum atomic E-state index is -1.16. The zero-order chi connectivity index (χ0) is 28.9. The lowest BCUT2D eigenvalue weighted by atomic mass is 9.55. The third-order valence-corrected chi connectivity index (χ3v) is 18.2. The van der Waals surface area contributed by atoms with Crippen molar-refractivity contribution < 1.29 is 4.21 Å². The largest absolute Gasteiger partial charge is 0.242 e. The second-order valence-electron chi connectivity index (χ2n) is 17.0. The third-order valence-electron chi connectivity index (χ3n) is 12.7. The Morgan fingerprint density at radius 1 is 0.690 bits per heavy atom. The molecule has 8 saturated carbocycles. The van der Waals surface area contributed by atoms with Crippen LogP contribution < -0.4 is 10.0 Å². The first kappa shape index (κ1) is 28.5. The molecule has 8 aliphatic rings. The number of hydrogen-bond acceptors (Lipinski definition) is 1. The molecule has 0 amide bonds. The number of aryl methyl sites for hydroxylation is 1. The summed E-state index contributed by atoms with van der Waals surface area (Å²) in [6, 6.07) is 18.5. The fraction of sp³-hybridized carbons (Fsp3) is 0.684. The molecule has 0 aliphatic heterocycles. The first-order chi connectivity index (χ1) is 20.1. The van der Waals surface area contributed by atoms with Crippen molar-refractivity contribution in [1.29, 1.82) is 0 Å². The van der Waals surface area contributed by atoms with E-state index in [1.54, 1.807) is 5.30 Å². The summed E-state index contributed by atoms with van der Waals surface area (Å²) in [6.07, 6.45) is 18.1. The van der Waals surface area contributed by atoms with Crippen LogP contribution in [0.25, 0.3) is 0 Å². The average Bonchev–Trinajstić information content (AvgIpc) is 2.90. The van der Waals surface area contributed by atoms with E-state index in [-0.39, 0.29) is 18.7 Å². The summed E-state index contributed by atoms with van der Waals surface area (Å²) in [7, 11) is -1.51. The molecule has 10 rings (SSSR count). The Labute approximate surface area is 259 Å². The summed E-state index contributed by atoms with van der Waals surface area (Å²) >= 11 is 0. The monoisotopic (exact) mass is 601 g/mol. The Balaban J connectivity index is 1.31. The van der Waals surface area contributed by atoms with Crippen LogP contribution in [0.1, 0.15) is 121 Å². The molecule has 0 radical (unpaired) electrons. The van der Waals surface area contributed by atoms with E-state index in [2.05, 4.69) is 80.9 Å². The van der Waals surface area contributed by atoms with Gasteiger partial charge in [-0.2, -0.15) is 0 Å². The van der Waals surface area contributed by atoms with E-state index in [9.17, 15) is 4.21 Å². The number of rotatable bonds is 7. The minimum absolute atomic E-state index is 0.0460. The highest BCUT2D eigenvalue weighted by molar-refractivity contribution is 7.84. The molecule has 0 saturated heterocycles. The summed E-state index contributed by atoms with van der Waals surface area (Å²) in [4.78, 5) is 0. The molecular weight excluding hydrogens is 549 g/mol. The molecule has 226 valence electrons. The van der Waals surface area contributed by atoms with Gasteiger partial charge in [-0.25, -0.2) is 8.93 Å². The molecule has 8 fully saturated rings. The van der Waals surface area contributed by atoms with Crippen molar-refractivity contribution in [3.05, 3.63) is 65.2 Å². The lowest BCUT2D eigenvalue weighted by Gasteiger charge is -2.67. The predicted octanol–water partition coefficient (Wildman–Crippen LogP) is 9.18. The Morgan fingerprint density at radius 2 is 1.10 bits per heavy atom. The third kappa shape index (κ3) is 4.73. The van der Waals surface area contributed by atoms with Crippen molar-refractivity contribution >= 4 is 24.2 Å². The normalized spacial score (nSPS) is 40.3. The van der Waals surface area contributed by atoms with Gasteiger partial charge in [-0.05, 0) is 173 Å². The van der Waals surface area contributed by atoms with Crippen LogP contribution in [-0.2, 0) is 11.0 Å². The quantitative estimate of drug-likeness (QED) is 0.315. The highest BCUT2D eigenvalue weighted by Gasteiger charge is 2.63. The van der Waals surface area contributed by atoms with Crippen LogP contribution in [-0.4, -0.2) is 19.3 Å². The molecule has 0 unspecified atom stereocenters. The topological polar surface area (TPSA) is 29.1 Å². The molecule has 4 heteroatoms. The Kier molecular flexibility index (Phi) is 6.94. The van der Waals surface area contributed by atoms with Gasteiger partial charge in [0.15, 0.2) is 0 Å². The smallest absolute Gasteiger partial charge is 0.0979 e. The van der Waals surface area contributed by atoms with Gasteiger partial charge in [0.25, 0.3) is 0 Å². The van der Waals surface area contributed by atoms with E-state index < -0.39 is 11.0 Å². The van der Waals surface area contributed by atoms with Crippen LogP contribution in [0.3, 0.4) is 0 Å². The molecule has 0 heterocycles. The van der Waals surface area contributed by atoms with Gasteiger partial charge in [-0.1, -0.05) is 56.5 Å². The van der Waals surface area contributed by atoms with Crippen LogP contribution in [0.5, 0.6) is 0 Å². The van der Waals surface area contributed by atoms with Crippen molar-refractivity contribution in [2.45, 2.75) is 126 Å². The molecule has 2 aromatic carbocycles. The van der Waals surface area contributed by atoms with E-state index in [0.717, 1.165) is 35.5 Å². The molecule has 8 bridgehead atoms. The second kappa shape index (κ2) is 10.3. The molecule has 0 aromatic heterocycles. The zero-order valence-corrected chi connectivity index (χ0v) is 28.1. The number of benzene rings is 2. The summed E-state index contributed by atoms with van der Waals surface area (Å²) in [5.41, 5.74) is 4.04. The lowest BCUT2D eigenvalue weighted by Crippen LogP contribution is -2.58. The van der Waals surface area contributed by atoms with Gasteiger partial charge in [0.1, 0.15) is 0 Å². The van der Waals surface area contributed by atoms with Crippen LogP contribution in [0.2, 0.25) is 0 Å². The van der Waals surface area contributed by atoms with Gasteiger partial charge in [0, 0.05) is 0 Å². The van der Waals surface area contributed by atoms with Gasteiger partial charge >= 0.3 is 0 Å². The molecule has 0 spiro atoms. The van der Waals surface area contributed by atoms with Gasteiger partial charge in [-0.15, -0.1) is 0 Å². The van der Waals surface area contributed by atoms with E-state index in [4.69, 9.17) is 0 Å². The van der Waals surface area contributed by atoms with Crippen LogP contribution in [0, 0.1) is 42.4 Å². The van der Waals surface area contributed by atoms with E-state index in [0.29, 0.717) is 10.3 Å². The van der Waals surface area contributed by atoms with Gasteiger partial charge in [0.05, 0.1) is 21.8 Å². The predicted molar refractivity (Wildman–Crippen MR) is 179 cm³/mol. The van der Waals surface area contributed by atoms with Gasteiger partial charge in [0.2, 0.25) is 0 Å². The van der Waals surface area contributed by atoms with Crippen molar-refractivity contribution in [2.75, 3.05) is 0 Å². The van der Waals surface area contributed by atoms with Crippen LogP contribution in [0.15, 0.2) is 48.5 Å². The summed E-state index contributed by atoms with van der Waals surface area (Å²) in [5.74, 6) is 5.84. The lowest BCUT2D eigenvalue weighted by molar-refractivity contribution is 0.0195. The van der Waals surface area contributed by atoms with E-state index in [1.807, 2.05) is 0 Å². The van der Waals surface area contributed by atoms with Crippen molar-refractivity contribution in [3.63, 3.8) is 0 Å². The van der Waals surface area contributed by atoms with Crippen LogP contribution in [0.4, 0.5) is 0 Å². The molecule has 2 atom stereocenters. The van der Waals surface area contributed by atoms with Gasteiger partial charge in [-0.3, -0.25) is 0 Å². The first-order valence-corrected chi connectivity index (χ1v) is 19.7. The number of nitrogens with one attached hydrogen (secondary N) is 1. The highest BCUT2D eigenvalue weighted by atomic mass is 32.2. The fourth-order valence-corrected chi connectivity index (χ4v) is 18.3. The highest BCUT2D eigenvalue weighted by Crippen LogP contribution is 2.78. The molecule has 2 nitrogen and oxygen atoms in total. The first-order valence-electron chi connectivity index (χ1n) is 17.2. The standard InChI is InChI=1S/C38H52NOPS/c1-25-9-5-6-10-32(25)35(39-42(40)36(2,3)4)33-11-7-8-12-34(33)41(37-19-26-13-27(20-37)15-28(14-26)21-37)38-22-29-16-30(23-38)18-31(17-29)24-38/h5-12,26-31,35,39H,13-24H2,1-4H3/t26?,27?,28?,29?,30?,31?,35-,37?,38?,41?,42-/m1/s1. The van der Waals surface area contributed by atoms with Crippen molar-refractivity contribution in [2.24, 2.45) is 35.5 Å². The Morgan fingerprint density at radius 3 is 1.52 bits per heavy atom. The van der Waals surface area contributed by atoms with E-state index >= 15 is 0 Å². The summed E-state index contributed by atoms with van der Waals surface area (Å²) in [6.45, 7) is 8.56. The zero-order valence-electron chi connectivity index (χ0n) is 26.4. The average molecular weight is 602 g/mol. The van der Waals surface area contributed by atoms with E-state index in [1.165, 1.54) is 93.7 Å². The molecule has 1 N–H and O–H groups in total. The molecule has 42 heavy (non-hydrogen) atoms. The Hall–Kier alpha value is -1.02. The molecule has 8 aliphatic carbocycles. The maximum Gasteiger partial charge on any atom is 0.0979 e. The minimum Gasteiger partial charge on any atom is -0.242 e. The number of hydrogen-bond donors (Lipinski definition) is 1. The maximum absolute atomic E-state index is 13.9. The van der Waals surface area contributed by atoms with Crippen molar-refractivity contribution in [3.8, 4) is 0 Å². The maximum atomic E-state index is 13.9. The molecular formula is C38H52NOPS. The summed E-state index contributed by atoms with van der Waals surface area (Å²) in [5, 5.41) is 2.74. The second-order valence-corrected chi connectivity index (χ2v) is 22.0. The molecule has 2 aromatic rings. The van der Waals surface area contributed by atoms with Crippen LogP contribution >= 0.6 is 7.92 Å². The SMILES string of the molecule is Cc1ccccc1[C@@H](N[S@](=O)C(C)(C)C)c1ccccc1P(C12CC3CC(CC(C3)C1)C2)C12CC3CC(CC(C3)C1)C2. The fourth-order valence-electron chi connectivity index (χ4n) is 12.1. The summed E-state index contributed by atoms with van der Waals surface area (Å²) < 4.78 is 17.3. The van der Waals surface area contributed by atoms with Crippen molar-refractivity contribution in [1.82, 2.24) is 4.72 Å².